The second-order valence-corrected chi connectivity index (χ2v) is 18.5. The van der Waals surface area contributed by atoms with E-state index >= 15 is 0 Å². The van der Waals surface area contributed by atoms with E-state index in [1.165, 1.54) is 12.8 Å². The Kier molecular flexibility index (Phi) is 26.6. The van der Waals surface area contributed by atoms with Crippen molar-refractivity contribution in [2.24, 2.45) is 23.7 Å². The lowest BCUT2D eigenvalue weighted by Crippen LogP contribution is -2.62. The molecule has 3 atom stereocenters. The summed E-state index contributed by atoms with van der Waals surface area (Å²) in [5.74, 6) is -9.26. The highest BCUT2D eigenvalue weighted by Gasteiger charge is 2.43. The minimum Gasteiger partial charge on any atom is -0.408 e. The van der Waals surface area contributed by atoms with E-state index in [0.717, 1.165) is 108 Å². The zero-order valence-corrected chi connectivity index (χ0v) is 37.6. The van der Waals surface area contributed by atoms with Gasteiger partial charge in [0.2, 0.25) is 5.91 Å². The number of hydrogen-bond acceptors (Lipinski definition) is 13. The molecule has 0 aliphatic heterocycles. The molecule has 0 heterocycles. The molecule has 0 spiro atoms. The van der Waals surface area contributed by atoms with Crippen LogP contribution in [0.4, 0.5) is 0 Å². The second kappa shape index (κ2) is 29.2. The number of nitrogens with zero attached hydrogens (tertiary/aromatic N) is 1. The van der Waals surface area contributed by atoms with E-state index in [0.29, 0.717) is 43.9 Å². The second-order valence-electron chi connectivity index (χ2n) is 18.5. The third kappa shape index (κ3) is 22.8. The Labute approximate surface area is 363 Å². The van der Waals surface area contributed by atoms with E-state index < -0.39 is 47.3 Å². The number of carbonyl (C=O) groups excluding carboxylic acids is 2. The lowest BCUT2D eigenvalue weighted by atomic mass is 9.78. The summed E-state index contributed by atoms with van der Waals surface area (Å²) in [6, 6.07) is 0. The standard InChI is InChI=1S/C46H86BNO12/c1-3-5-7-9-11-13-27-39(35-37-23-21-24-37)41(50)59-45(55,56)31-17-15-29-43(47,52)48(33-19-20-34-49)44(53,54)30-16-18-32-46(57,58)60-42(51)40(36-38-25-22-26-38)28-14-12-10-8-6-4-2/h37-40,49,52-58H,3-36H2,1-2H3. The average molecular weight is 856 g/mol. The van der Waals surface area contributed by atoms with E-state index in [4.69, 9.17) is 17.3 Å². The van der Waals surface area contributed by atoms with Crippen LogP contribution in [0.1, 0.15) is 219 Å². The van der Waals surface area contributed by atoms with Crippen LogP contribution < -0.4 is 0 Å². The van der Waals surface area contributed by atoms with Crippen molar-refractivity contribution < 1.29 is 59.9 Å². The van der Waals surface area contributed by atoms with Crippen LogP contribution in [0.15, 0.2) is 0 Å². The Balaban J connectivity index is 1.88. The average Bonchev–Trinajstić information content (AvgIpc) is 3.13. The van der Waals surface area contributed by atoms with Crippen molar-refractivity contribution in [3.05, 3.63) is 0 Å². The summed E-state index contributed by atoms with van der Waals surface area (Å²) in [4.78, 5) is 27.2. The summed E-state index contributed by atoms with van der Waals surface area (Å²) in [6.45, 7) is 4.06. The molecule has 0 bridgehead atoms. The molecule has 2 aliphatic carbocycles. The molecule has 2 saturated carbocycles. The zero-order chi connectivity index (χ0) is 44.5. The highest BCUT2D eigenvalue weighted by Crippen LogP contribution is 2.37. The van der Waals surface area contributed by atoms with Gasteiger partial charge in [-0.1, -0.05) is 129 Å². The molecule has 0 aromatic carbocycles. The molecule has 2 rings (SSSR count). The minimum atomic E-state index is -2.73. The molecule has 3 unspecified atom stereocenters. The first-order valence-corrected chi connectivity index (χ1v) is 24.1. The van der Waals surface area contributed by atoms with Gasteiger partial charge in [-0.2, -0.15) is 0 Å². The lowest BCUT2D eigenvalue weighted by Gasteiger charge is -2.45. The fourth-order valence-electron chi connectivity index (χ4n) is 8.65. The molecular weight excluding hydrogens is 769 g/mol. The maximum Gasteiger partial charge on any atom is 0.324 e. The molecule has 350 valence electrons. The third-order valence-electron chi connectivity index (χ3n) is 12.9. The van der Waals surface area contributed by atoms with Gasteiger partial charge in [0.25, 0.3) is 0 Å². The Morgan fingerprint density at radius 2 is 0.967 bits per heavy atom. The fourth-order valence-corrected chi connectivity index (χ4v) is 8.65. The molecule has 8 N–H and O–H groups in total. The molecule has 2 fully saturated rings. The van der Waals surface area contributed by atoms with Crippen LogP contribution in [0.2, 0.25) is 0 Å². The molecule has 2 aliphatic rings. The molecule has 13 nitrogen and oxygen atoms in total. The number of rotatable bonds is 38. The smallest absolute Gasteiger partial charge is 0.324 e. The number of carbonyl (C=O) groups is 2. The number of ether oxygens (including phenoxy) is 2. The highest BCUT2D eigenvalue weighted by atomic mass is 16.8. The van der Waals surface area contributed by atoms with Gasteiger partial charge in [-0.15, -0.1) is 0 Å². The first kappa shape index (κ1) is 54.8. The van der Waals surface area contributed by atoms with Crippen molar-refractivity contribution in [2.75, 3.05) is 13.2 Å². The van der Waals surface area contributed by atoms with Gasteiger partial charge < -0.3 is 50.3 Å². The van der Waals surface area contributed by atoms with Crippen LogP contribution in [0.3, 0.4) is 0 Å². The number of hydrogen-bond donors (Lipinski definition) is 8. The molecule has 0 aromatic rings. The molecule has 0 aromatic heterocycles. The van der Waals surface area contributed by atoms with Gasteiger partial charge in [-0.05, 0) is 82.5 Å². The molecule has 14 heteroatoms. The van der Waals surface area contributed by atoms with E-state index in [-0.39, 0.29) is 70.9 Å². The highest BCUT2D eigenvalue weighted by molar-refractivity contribution is 6.13. The maximum absolute atomic E-state index is 13.1. The zero-order valence-electron chi connectivity index (χ0n) is 37.6. The lowest BCUT2D eigenvalue weighted by molar-refractivity contribution is -0.328. The molecule has 0 amide bonds. The van der Waals surface area contributed by atoms with Crippen molar-refractivity contribution >= 4 is 19.8 Å². The van der Waals surface area contributed by atoms with Crippen molar-refractivity contribution in [1.82, 2.24) is 4.90 Å². The van der Waals surface area contributed by atoms with Gasteiger partial charge in [-0.25, -0.2) is 4.90 Å². The molecule has 0 saturated heterocycles. The predicted octanol–water partition coefficient (Wildman–Crippen LogP) is 7.11. The number of esters is 2. The summed E-state index contributed by atoms with van der Waals surface area (Å²) in [7, 11) is 6.27. The summed E-state index contributed by atoms with van der Waals surface area (Å²) >= 11 is 0. The SMILES string of the molecule is [B]C(O)(CCCCC(O)(O)OC(=O)C(CCCCCCCC)CC1CCC1)N(CCCCO)C(O)(O)CCCCC(O)(O)OC(=O)C(CCCCCCCC)CC1CCC1. The Bertz CT molecular complexity index is 1060. The van der Waals surface area contributed by atoms with Crippen molar-refractivity contribution in [1.29, 1.82) is 0 Å². The van der Waals surface area contributed by atoms with Crippen LogP contribution >= 0.6 is 0 Å². The maximum atomic E-state index is 13.1. The van der Waals surface area contributed by atoms with Crippen LogP contribution in [0, 0.1) is 23.7 Å². The summed E-state index contributed by atoms with van der Waals surface area (Å²) in [5.41, 5.74) is -2.27. The van der Waals surface area contributed by atoms with Gasteiger partial charge in [0.05, 0.1) is 17.5 Å². The third-order valence-corrected chi connectivity index (χ3v) is 12.9. The topological polar surface area (TPSA) is 218 Å². The largest absolute Gasteiger partial charge is 0.408 e. The Morgan fingerprint density at radius 3 is 1.37 bits per heavy atom. The van der Waals surface area contributed by atoms with Crippen molar-refractivity contribution in [3.63, 3.8) is 0 Å². The van der Waals surface area contributed by atoms with Gasteiger partial charge in [0, 0.05) is 32.4 Å². The normalized spacial score (nSPS) is 17.5. The van der Waals surface area contributed by atoms with Crippen molar-refractivity contribution in [3.8, 4) is 0 Å². The first-order chi connectivity index (χ1) is 28.4. The number of aliphatic hydroxyl groups excluding tert-OH is 1. The van der Waals surface area contributed by atoms with Gasteiger partial charge >= 0.3 is 23.9 Å². The Morgan fingerprint density at radius 1 is 0.567 bits per heavy atom. The van der Waals surface area contributed by atoms with Gasteiger partial charge in [-0.3, -0.25) is 9.59 Å². The van der Waals surface area contributed by atoms with Gasteiger partial charge in [0.1, 0.15) is 7.85 Å². The molecular formula is C46H86BNO12. The minimum absolute atomic E-state index is 0.0345. The van der Waals surface area contributed by atoms with E-state index in [9.17, 15) is 50.4 Å². The van der Waals surface area contributed by atoms with Crippen molar-refractivity contribution in [2.45, 2.75) is 243 Å². The van der Waals surface area contributed by atoms with Crippen LogP contribution in [-0.4, -0.2) is 102 Å². The van der Waals surface area contributed by atoms with Gasteiger partial charge in [0.15, 0.2) is 0 Å². The van der Waals surface area contributed by atoms with E-state index in [2.05, 4.69) is 13.8 Å². The molecule has 2 radical (unpaired) electrons. The quantitative estimate of drug-likeness (QED) is 0.0135. The summed E-state index contributed by atoms with van der Waals surface area (Å²) in [6.07, 6.45) is 21.7. The number of unbranched alkanes of at least 4 members (excludes halogenated alkanes) is 13. The van der Waals surface area contributed by atoms with E-state index in [1.807, 2.05) is 0 Å². The number of aliphatic hydroxyl groups is 8. The predicted molar refractivity (Wildman–Crippen MR) is 231 cm³/mol. The molecule has 60 heavy (non-hydrogen) atoms. The Hall–Kier alpha value is -1.36. The first-order valence-electron chi connectivity index (χ1n) is 24.1. The fraction of sp³-hybridized carbons (Fsp3) is 0.957. The van der Waals surface area contributed by atoms with Crippen LogP contribution in [0.5, 0.6) is 0 Å². The van der Waals surface area contributed by atoms with Crippen LogP contribution in [-0.2, 0) is 19.1 Å². The monoisotopic (exact) mass is 856 g/mol. The van der Waals surface area contributed by atoms with E-state index in [1.54, 1.807) is 0 Å². The summed E-state index contributed by atoms with van der Waals surface area (Å²) in [5, 5.41) is 85.5. The summed E-state index contributed by atoms with van der Waals surface area (Å²) < 4.78 is 10.4. The van der Waals surface area contributed by atoms with Crippen LogP contribution in [0.25, 0.3) is 0 Å².